The lowest BCUT2D eigenvalue weighted by atomic mass is 9.88. The van der Waals surface area contributed by atoms with E-state index in [9.17, 15) is 14.7 Å². The molecule has 1 aliphatic rings. The number of fused-ring (bicyclic) bond motifs is 1. The second kappa shape index (κ2) is 6.42. The number of aryl methyl sites for hydroxylation is 1. The van der Waals surface area contributed by atoms with Gasteiger partial charge in [-0.15, -0.1) is 11.3 Å². The van der Waals surface area contributed by atoms with Crippen molar-refractivity contribution in [2.24, 2.45) is 0 Å². The van der Waals surface area contributed by atoms with Crippen LogP contribution in [0.25, 0.3) is 11.1 Å². The Hall–Kier alpha value is -2.92. The summed E-state index contributed by atoms with van der Waals surface area (Å²) >= 11 is 1.26. The van der Waals surface area contributed by atoms with Gasteiger partial charge >= 0.3 is 5.97 Å². The van der Waals surface area contributed by atoms with Gasteiger partial charge in [-0.05, 0) is 18.1 Å². The Kier molecular flexibility index (Phi) is 4.09. The highest BCUT2D eigenvalue weighted by Gasteiger charge is 2.34. The number of amides is 1. The van der Waals surface area contributed by atoms with Crippen LogP contribution in [0.5, 0.6) is 0 Å². The highest BCUT2D eigenvalue weighted by atomic mass is 32.1. The normalized spacial score (nSPS) is 16.0. The molecule has 0 saturated heterocycles. The Morgan fingerprint density at radius 3 is 2.62 bits per heavy atom. The SMILES string of the molecule is Cc1cccc([C@H]2CC(=O)Nc3c2sc(C(=O)O)c3-c2ccccc2)c1. The van der Waals surface area contributed by atoms with Gasteiger partial charge in [0.25, 0.3) is 0 Å². The number of benzene rings is 2. The number of aromatic carboxylic acids is 1. The maximum atomic E-state index is 12.4. The first-order valence-corrected chi connectivity index (χ1v) is 9.18. The second-order valence-electron chi connectivity index (χ2n) is 6.44. The monoisotopic (exact) mass is 363 g/mol. The zero-order chi connectivity index (χ0) is 18.3. The van der Waals surface area contributed by atoms with E-state index in [1.165, 1.54) is 11.3 Å². The molecule has 0 spiro atoms. The van der Waals surface area contributed by atoms with Crippen LogP contribution >= 0.6 is 11.3 Å². The average molecular weight is 363 g/mol. The van der Waals surface area contributed by atoms with Crippen LogP contribution in [-0.4, -0.2) is 17.0 Å². The first kappa shape index (κ1) is 16.5. The van der Waals surface area contributed by atoms with E-state index in [4.69, 9.17) is 0 Å². The molecule has 0 saturated carbocycles. The lowest BCUT2D eigenvalue weighted by Gasteiger charge is -2.24. The van der Waals surface area contributed by atoms with Crippen molar-refractivity contribution in [1.82, 2.24) is 0 Å². The van der Waals surface area contributed by atoms with E-state index in [-0.39, 0.29) is 16.7 Å². The van der Waals surface area contributed by atoms with Crippen LogP contribution in [0.15, 0.2) is 54.6 Å². The number of rotatable bonds is 3. The molecular formula is C21H17NO3S. The van der Waals surface area contributed by atoms with Gasteiger partial charge in [0.15, 0.2) is 0 Å². The molecule has 0 radical (unpaired) electrons. The van der Waals surface area contributed by atoms with Crippen LogP contribution < -0.4 is 5.32 Å². The molecule has 26 heavy (non-hydrogen) atoms. The van der Waals surface area contributed by atoms with Crippen LogP contribution in [-0.2, 0) is 4.79 Å². The standard InChI is InChI=1S/C21H17NO3S/c1-12-6-5-9-14(10-12)15-11-16(23)22-18-17(13-7-3-2-4-8-13)20(21(24)25)26-19(15)18/h2-10,15H,11H2,1H3,(H,22,23)(H,24,25)/t15-/m1/s1. The lowest BCUT2D eigenvalue weighted by Crippen LogP contribution is -2.22. The summed E-state index contributed by atoms with van der Waals surface area (Å²) < 4.78 is 0. The van der Waals surface area contributed by atoms with E-state index < -0.39 is 5.97 Å². The molecule has 130 valence electrons. The van der Waals surface area contributed by atoms with Crippen LogP contribution in [0.3, 0.4) is 0 Å². The van der Waals surface area contributed by atoms with Crippen molar-refractivity contribution >= 4 is 28.9 Å². The number of carboxylic acid groups (broad SMARTS) is 1. The van der Waals surface area contributed by atoms with Gasteiger partial charge < -0.3 is 10.4 Å². The van der Waals surface area contributed by atoms with Crippen LogP contribution in [0.4, 0.5) is 5.69 Å². The number of carboxylic acids is 1. The zero-order valence-corrected chi connectivity index (χ0v) is 15.0. The summed E-state index contributed by atoms with van der Waals surface area (Å²) in [6.07, 6.45) is 0.324. The molecule has 1 aliphatic heterocycles. The number of hydrogen-bond acceptors (Lipinski definition) is 3. The van der Waals surface area contributed by atoms with Crippen molar-refractivity contribution in [2.75, 3.05) is 5.32 Å². The molecular weight excluding hydrogens is 346 g/mol. The minimum atomic E-state index is -0.972. The van der Waals surface area contributed by atoms with E-state index in [1.54, 1.807) is 0 Å². The van der Waals surface area contributed by atoms with Gasteiger partial charge in [-0.3, -0.25) is 4.79 Å². The number of anilines is 1. The molecule has 2 heterocycles. The fourth-order valence-electron chi connectivity index (χ4n) is 3.47. The van der Waals surface area contributed by atoms with Gasteiger partial charge in [0.2, 0.25) is 5.91 Å². The van der Waals surface area contributed by atoms with Crippen LogP contribution in [0.1, 0.15) is 38.0 Å². The molecule has 0 bridgehead atoms. The van der Waals surface area contributed by atoms with Crippen molar-refractivity contribution in [3.05, 3.63) is 75.5 Å². The molecule has 1 atom stereocenters. The molecule has 2 N–H and O–H groups in total. The minimum Gasteiger partial charge on any atom is -0.477 e. The number of carbonyl (C=O) groups excluding carboxylic acids is 1. The van der Waals surface area contributed by atoms with Gasteiger partial charge in [-0.2, -0.15) is 0 Å². The van der Waals surface area contributed by atoms with Crippen LogP contribution in [0, 0.1) is 6.92 Å². The summed E-state index contributed by atoms with van der Waals surface area (Å²) in [5.74, 6) is -1.18. The van der Waals surface area contributed by atoms with E-state index in [0.717, 1.165) is 21.6 Å². The summed E-state index contributed by atoms with van der Waals surface area (Å²) in [4.78, 5) is 25.5. The van der Waals surface area contributed by atoms with Crippen molar-refractivity contribution in [2.45, 2.75) is 19.3 Å². The highest BCUT2D eigenvalue weighted by molar-refractivity contribution is 7.15. The summed E-state index contributed by atoms with van der Waals surface area (Å²) in [6, 6.07) is 17.4. The maximum Gasteiger partial charge on any atom is 0.346 e. The molecule has 5 heteroatoms. The molecule has 1 amide bonds. The molecule has 0 aliphatic carbocycles. The topological polar surface area (TPSA) is 66.4 Å². The van der Waals surface area contributed by atoms with Crippen LogP contribution in [0.2, 0.25) is 0 Å². The van der Waals surface area contributed by atoms with Gasteiger partial charge in [-0.1, -0.05) is 60.2 Å². The predicted octanol–water partition coefficient (Wildman–Crippen LogP) is 4.90. The smallest absolute Gasteiger partial charge is 0.346 e. The molecule has 0 unspecified atom stereocenters. The molecule has 1 aromatic heterocycles. The zero-order valence-electron chi connectivity index (χ0n) is 14.2. The number of carbonyl (C=O) groups is 2. The third-order valence-corrected chi connectivity index (χ3v) is 5.90. The first-order valence-electron chi connectivity index (χ1n) is 8.36. The molecule has 2 aromatic carbocycles. The Balaban J connectivity index is 1.95. The van der Waals surface area contributed by atoms with Crippen molar-refractivity contribution in [3.8, 4) is 11.1 Å². The predicted molar refractivity (Wildman–Crippen MR) is 103 cm³/mol. The fourth-order valence-corrected chi connectivity index (χ4v) is 4.72. The summed E-state index contributed by atoms with van der Waals surface area (Å²) in [7, 11) is 0. The van der Waals surface area contributed by atoms with Gasteiger partial charge in [0.05, 0.1) is 5.69 Å². The second-order valence-corrected chi connectivity index (χ2v) is 7.49. The molecule has 4 rings (SSSR count). The fraction of sp³-hybridized carbons (Fsp3) is 0.143. The molecule has 0 fully saturated rings. The van der Waals surface area contributed by atoms with Gasteiger partial charge in [-0.25, -0.2) is 4.79 Å². The van der Waals surface area contributed by atoms with Crippen molar-refractivity contribution in [3.63, 3.8) is 0 Å². The Bertz CT molecular complexity index is 1010. The molecule has 3 aromatic rings. The largest absolute Gasteiger partial charge is 0.477 e. The van der Waals surface area contributed by atoms with E-state index in [1.807, 2.05) is 55.5 Å². The summed E-state index contributed by atoms with van der Waals surface area (Å²) in [5, 5.41) is 12.7. The lowest BCUT2D eigenvalue weighted by molar-refractivity contribution is -0.116. The quantitative estimate of drug-likeness (QED) is 0.696. The molecule has 4 nitrogen and oxygen atoms in total. The minimum absolute atomic E-state index is 0.0871. The Labute approximate surface area is 155 Å². The highest BCUT2D eigenvalue weighted by Crippen LogP contribution is 2.49. The third kappa shape index (κ3) is 2.80. The number of nitrogens with one attached hydrogen (secondary N) is 1. The Morgan fingerprint density at radius 1 is 1.15 bits per heavy atom. The van der Waals surface area contributed by atoms with Gasteiger partial charge in [0.1, 0.15) is 4.88 Å². The first-order chi connectivity index (χ1) is 12.5. The third-order valence-electron chi connectivity index (χ3n) is 4.61. The van der Waals surface area contributed by atoms with Crippen molar-refractivity contribution < 1.29 is 14.7 Å². The van der Waals surface area contributed by atoms with E-state index in [0.29, 0.717) is 17.7 Å². The van der Waals surface area contributed by atoms with E-state index in [2.05, 4.69) is 11.4 Å². The average Bonchev–Trinajstić information content (AvgIpc) is 3.01. The number of hydrogen-bond donors (Lipinski definition) is 2. The maximum absolute atomic E-state index is 12.4. The summed E-state index contributed by atoms with van der Waals surface area (Å²) in [5.41, 5.74) is 4.20. The Morgan fingerprint density at radius 2 is 1.92 bits per heavy atom. The summed E-state index contributed by atoms with van der Waals surface area (Å²) in [6.45, 7) is 2.01. The van der Waals surface area contributed by atoms with E-state index >= 15 is 0 Å². The van der Waals surface area contributed by atoms with Crippen molar-refractivity contribution in [1.29, 1.82) is 0 Å². The van der Waals surface area contributed by atoms with Gasteiger partial charge in [0, 0.05) is 22.8 Å². The number of thiophene rings is 1.